The molecule has 2 aromatic carbocycles. The minimum Gasteiger partial charge on any atom is -0.508 e. The van der Waals surface area contributed by atoms with Crippen molar-refractivity contribution in [1.29, 1.82) is 0 Å². The van der Waals surface area contributed by atoms with Gasteiger partial charge in [0.2, 0.25) is 0 Å². The van der Waals surface area contributed by atoms with Crippen LogP contribution < -0.4 is 0 Å². The summed E-state index contributed by atoms with van der Waals surface area (Å²) >= 11 is 1.51. The van der Waals surface area contributed by atoms with Crippen molar-refractivity contribution in [2.45, 2.75) is 16.5 Å². The molecule has 21 heavy (non-hydrogen) atoms. The van der Waals surface area contributed by atoms with Crippen molar-refractivity contribution in [1.82, 2.24) is 15.0 Å². The van der Waals surface area contributed by atoms with Crippen molar-refractivity contribution >= 4 is 11.8 Å². The number of phenols is 1. The lowest BCUT2D eigenvalue weighted by molar-refractivity contribution is 0.475. The summed E-state index contributed by atoms with van der Waals surface area (Å²) in [5, 5.41) is 9.97. The quantitative estimate of drug-likeness (QED) is 0.800. The number of hydrogen-bond donors (Lipinski definition) is 1. The maximum Gasteiger partial charge on any atom is 0.195 e. The van der Waals surface area contributed by atoms with Crippen LogP contribution in [-0.2, 0) is 6.42 Å². The third kappa shape index (κ3) is 3.79. The topological polar surface area (TPSA) is 58.9 Å². The van der Waals surface area contributed by atoms with Crippen LogP contribution in [0.5, 0.6) is 5.75 Å². The van der Waals surface area contributed by atoms with Gasteiger partial charge in [-0.3, -0.25) is 0 Å². The van der Waals surface area contributed by atoms with Gasteiger partial charge in [0.05, 0.1) is 0 Å². The molecular weight excluding hydrogens is 282 g/mol. The van der Waals surface area contributed by atoms with Crippen molar-refractivity contribution in [3.05, 3.63) is 72.3 Å². The molecule has 0 bridgehead atoms. The van der Waals surface area contributed by atoms with Crippen molar-refractivity contribution in [3.63, 3.8) is 0 Å². The van der Waals surface area contributed by atoms with E-state index in [1.807, 2.05) is 12.1 Å². The fraction of sp³-hybridized carbons (Fsp3) is 0.0625. The molecule has 104 valence electrons. The van der Waals surface area contributed by atoms with Crippen LogP contribution in [0.2, 0.25) is 0 Å². The standard InChI is InChI=1S/C16H13N3OS/c20-14-5-1-12(2-6-14)9-13-3-7-15(8-4-13)21-16-18-10-17-11-19-16/h1-8,10-11,20H,9H2. The number of aromatic nitrogens is 3. The minimum atomic E-state index is 0.294. The lowest BCUT2D eigenvalue weighted by Crippen LogP contribution is -1.88. The maximum absolute atomic E-state index is 9.28. The Morgan fingerprint density at radius 3 is 2.00 bits per heavy atom. The second-order valence-corrected chi connectivity index (χ2v) is 5.55. The predicted molar refractivity (Wildman–Crippen MR) is 81.3 cm³/mol. The SMILES string of the molecule is Oc1ccc(Cc2ccc(Sc3ncncn3)cc2)cc1. The highest BCUT2D eigenvalue weighted by atomic mass is 32.2. The molecule has 5 heteroatoms. The van der Waals surface area contributed by atoms with E-state index in [0.29, 0.717) is 10.9 Å². The van der Waals surface area contributed by atoms with Gasteiger partial charge < -0.3 is 5.11 Å². The molecule has 0 atom stereocenters. The van der Waals surface area contributed by atoms with Gasteiger partial charge in [0.15, 0.2) is 5.16 Å². The third-order valence-corrected chi connectivity index (χ3v) is 3.85. The molecule has 0 amide bonds. The molecule has 1 heterocycles. The second kappa shape index (κ2) is 6.37. The predicted octanol–water partition coefficient (Wildman–Crippen LogP) is 3.32. The fourth-order valence-electron chi connectivity index (χ4n) is 1.91. The van der Waals surface area contributed by atoms with Crippen LogP contribution in [-0.4, -0.2) is 20.1 Å². The Labute approximate surface area is 126 Å². The minimum absolute atomic E-state index is 0.294. The van der Waals surface area contributed by atoms with Gasteiger partial charge in [0.1, 0.15) is 18.4 Å². The number of hydrogen-bond acceptors (Lipinski definition) is 5. The monoisotopic (exact) mass is 295 g/mol. The van der Waals surface area contributed by atoms with E-state index >= 15 is 0 Å². The van der Waals surface area contributed by atoms with E-state index < -0.39 is 0 Å². The molecule has 0 unspecified atom stereocenters. The fourth-order valence-corrected chi connectivity index (χ4v) is 2.59. The molecular formula is C16H13N3OS. The van der Waals surface area contributed by atoms with E-state index in [-0.39, 0.29) is 0 Å². The number of nitrogens with zero attached hydrogens (tertiary/aromatic N) is 3. The number of aromatic hydroxyl groups is 1. The third-order valence-electron chi connectivity index (χ3n) is 2.95. The van der Waals surface area contributed by atoms with Gasteiger partial charge in [-0.25, -0.2) is 15.0 Å². The van der Waals surface area contributed by atoms with Crippen molar-refractivity contribution < 1.29 is 5.11 Å². The Kier molecular flexibility index (Phi) is 4.12. The lowest BCUT2D eigenvalue weighted by atomic mass is 10.1. The van der Waals surface area contributed by atoms with Gasteiger partial charge in [0, 0.05) is 4.90 Å². The van der Waals surface area contributed by atoms with Crippen LogP contribution in [0.1, 0.15) is 11.1 Å². The summed E-state index contributed by atoms with van der Waals surface area (Å²) in [5.41, 5.74) is 2.39. The normalized spacial score (nSPS) is 10.5. The largest absolute Gasteiger partial charge is 0.508 e. The Bertz CT molecular complexity index is 700. The molecule has 0 aliphatic rings. The van der Waals surface area contributed by atoms with Crippen LogP contribution in [0, 0.1) is 0 Å². The van der Waals surface area contributed by atoms with Crippen molar-refractivity contribution in [2.75, 3.05) is 0 Å². The van der Waals surface area contributed by atoms with Gasteiger partial charge >= 0.3 is 0 Å². The zero-order valence-corrected chi connectivity index (χ0v) is 12.0. The highest BCUT2D eigenvalue weighted by Crippen LogP contribution is 2.24. The molecule has 0 fully saturated rings. The Morgan fingerprint density at radius 2 is 1.38 bits per heavy atom. The van der Waals surface area contributed by atoms with Crippen molar-refractivity contribution in [3.8, 4) is 5.75 Å². The zero-order valence-electron chi connectivity index (χ0n) is 11.2. The van der Waals surface area contributed by atoms with Gasteiger partial charge in [-0.15, -0.1) is 0 Å². The summed E-state index contributed by atoms with van der Waals surface area (Å²) in [6.07, 6.45) is 3.83. The lowest BCUT2D eigenvalue weighted by Gasteiger charge is -2.04. The average molecular weight is 295 g/mol. The van der Waals surface area contributed by atoms with Crippen LogP contribution >= 0.6 is 11.8 Å². The summed E-state index contributed by atoms with van der Waals surface area (Å²) in [6, 6.07) is 15.6. The van der Waals surface area contributed by atoms with Gasteiger partial charge in [-0.2, -0.15) is 0 Å². The molecule has 3 aromatic rings. The number of rotatable bonds is 4. The molecule has 0 spiro atoms. The Balaban J connectivity index is 1.68. The van der Waals surface area contributed by atoms with Crippen LogP contribution in [0.25, 0.3) is 0 Å². The van der Waals surface area contributed by atoms with Gasteiger partial charge in [-0.05, 0) is 53.6 Å². The zero-order chi connectivity index (χ0) is 14.5. The molecule has 1 N–H and O–H groups in total. The first-order valence-electron chi connectivity index (χ1n) is 6.46. The van der Waals surface area contributed by atoms with E-state index in [9.17, 15) is 5.11 Å². The second-order valence-electron chi connectivity index (χ2n) is 4.51. The number of benzene rings is 2. The van der Waals surface area contributed by atoms with E-state index in [2.05, 4.69) is 39.2 Å². The van der Waals surface area contributed by atoms with Gasteiger partial charge in [0.25, 0.3) is 0 Å². The van der Waals surface area contributed by atoms with Crippen LogP contribution in [0.3, 0.4) is 0 Å². The molecule has 1 aromatic heterocycles. The summed E-state index contributed by atoms with van der Waals surface area (Å²) in [4.78, 5) is 13.1. The maximum atomic E-state index is 9.28. The first-order chi connectivity index (χ1) is 10.3. The highest BCUT2D eigenvalue weighted by Gasteiger charge is 2.01. The summed E-state index contributed by atoms with van der Waals surface area (Å²) in [6.45, 7) is 0. The smallest absolute Gasteiger partial charge is 0.195 e. The van der Waals surface area contributed by atoms with Crippen LogP contribution in [0.15, 0.2) is 71.2 Å². The van der Waals surface area contributed by atoms with E-state index in [0.717, 1.165) is 11.3 Å². The average Bonchev–Trinajstić information content (AvgIpc) is 2.53. The molecule has 3 rings (SSSR count). The Morgan fingerprint density at radius 1 is 0.810 bits per heavy atom. The summed E-state index contributed by atoms with van der Waals surface area (Å²) in [7, 11) is 0. The van der Waals surface area contributed by atoms with E-state index in [1.54, 1.807) is 12.1 Å². The molecule has 0 saturated heterocycles. The Hall–Kier alpha value is -2.40. The molecule has 0 aliphatic carbocycles. The number of phenolic OH excluding ortho intramolecular Hbond substituents is 1. The van der Waals surface area contributed by atoms with Gasteiger partial charge in [-0.1, -0.05) is 24.3 Å². The van der Waals surface area contributed by atoms with E-state index in [1.165, 1.54) is 35.5 Å². The first kappa shape index (κ1) is 13.6. The van der Waals surface area contributed by atoms with E-state index in [4.69, 9.17) is 0 Å². The molecule has 0 radical (unpaired) electrons. The molecule has 0 aliphatic heterocycles. The first-order valence-corrected chi connectivity index (χ1v) is 7.28. The highest BCUT2D eigenvalue weighted by molar-refractivity contribution is 7.99. The summed E-state index contributed by atoms with van der Waals surface area (Å²) < 4.78 is 0. The summed E-state index contributed by atoms with van der Waals surface area (Å²) in [5.74, 6) is 0.294. The van der Waals surface area contributed by atoms with Crippen molar-refractivity contribution in [2.24, 2.45) is 0 Å². The molecule has 4 nitrogen and oxygen atoms in total. The van der Waals surface area contributed by atoms with Crippen LogP contribution in [0.4, 0.5) is 0 Å². The molecule has 0 saturated carbocycles.